The number of hydrogen-bond donors (Lipinski definition) is 2. The lowest BCUT2D eigenvalue weighted by molar-refractivity contribution is 0.687. The highest BCUT2D eigenvalue weighted by atomic mass is 79.9. The number of nitrogens with two attached hydrogens (primary N) is 1. The smallest absolute Gasteiger partial charge is 0.225 e. The third-order valence-corrected chi connectivity index (χ3v) is 2.57. The minimum absolute atomic E-state index is 0.395. The number of aromatic nitrogens is 2. The zero-order chi connectivity index (χ0) is 10.6. The summed E-state index contributed by atoms with van der Waals surface area (Å²) in [7, 11) is -0.811. The van der Waals surface area contributed by atoms with Crippen LogP contribution in [0.3, 0.4) is 0 Å². The predicted octanol–water partition coefficient (Wildman–Crippen LogP) is 0.612. The summed E-state index contributed by atoms with van der Waals surface area (Å²) in [5.41, 5.74) is 5.51. The Kier molecular flexibility index (Phi) is 4.27. The van der Waals surface area contributed by atoms with Crippen molar-refractivity contribution in [1.82, 2.24) is 9.97 Å². The van der Waals surface area contributed by atoms with Crippen molar-refractivity contribution in [2.24, 2.45) is 0 Å². The molecule has 3 N–H and O–H groups in total. The quantitative estimate of drug-likeness (QED) is 0.789. The monoisotopic (exact) mass is 278 g/mol. The van der Waals surface area contributed by atoms with Crippen LogP contribution >= 0.6 is 15.9 Å². The van der Waals surface area contributed by atoms with Crippen LogP contribution in [0, 0.1) is 0 Å². The standard InChI is InChI=1S/C7H11BrN4OS/c1-14(13)3-2-10-7-11-5(8)4-6(9)12-7/h4H,2-3H2,1H3,(H3,9,10,11,12). The van der Waals surface area contributed by atoms with E-state index in [4.69, 9.17) is 5.73 Å². The van der Waals surface area contributed by atoms with Gasteiger partial charge in [0.1, 0.15) is 10.4 Å². The molecule has 1 unspecified atom stereocenters. The van der Waals surface area contributed by atoms with Crippen LogP contribution in [0.25, 0.3) is 0 Å². The van der Waals surface area contributed by atoms with E-state index in [9.17, 15) is 4.21 Å². The highest BCUT2D eigenvalue weighted by molar-refractivity contribution is 9.10. The summed E-state index contributed by atoms with van der Waals surface area (Å²) in [6, 6.07) is 1.61. The van der Waals surface area contributed by atoms with Crippen molar-refractivity contribution < 1.29 is 4.21 Å². The second kappa shape index (κ2) is 5.26. The summed E-state index contributed by atoms with van der Waals surface area (Å²) in [6.45, 7) is 0.568. The van der Waals surface area contributed by atoms with Crippen LogP contribution in [0.15, 0.2) is 10.7 Å². The van der Waals surface area contributed by atoms with E-state index in [1.807, 2.05) is 0 Å². The second-order valence-electron chi connectivity index (χ2n) is 2.64. The Hall–Kier alpha value is -0.690. The molecule has 0 aliphatic heterocycles. The molecule has 0 radical (unpaired) electrons. The summed E-state index contributed by atoms with van der Waals surface area (Å²) < 4.78 is 11.4. The van der Waals surface area contributed by atoms with Crippen LogP contribution in [-0.2, 0) is 10.8 Å². The van der Waals surface area contributed by atoms with Gasteiger partial charge in [-0.25, -0.2) is 4.98 Å². The summed E-state index contributed by atoms with van der Waals surface area (Å²) in [5.74, 6) is 1.41. The zero-order valence-electron chi connectivity index (χ0n) is 7.66. The molecule has 78 valence electrons. The van der Waals surface area contributed by atoms with Gasteiger partial charge in [-0.15, -0.1) is 0 Å². The third kappa shape index (κ3) is 4.01. The summed E-state index contributed by atoms with van der Waals surface area (Å²) >= 11 is 3.20. The Labute approximate surface area is 93.1 Å². The van der Waals surface area contributed by atoms with Gasteiger partial charge in [0, 0.05) is 35.4 Å². The van der Waals surface area contributed by atoms with E-state index < -0.39 is 10.8 Å². The number of nitrogen functional groups attached to an aromatic ring is 1. The molecule has 7 heteroatoms. The Morgan fingerprint density at radius 3 is 2.93 bits per heavy atom. The Morgan fingerprint density at radius 2 is 2.36 bits per heavy atom. The first-order valence-corrected chi connectivity index (χ1v) is 6.44. The minimum Gasteiger partial charge on any atom is -0.383 e. The molecule has 1 aromatic rings. The maximum Gasteiger partial charge on any atom is 0.225 e. The van der Waals surface area contributed by atoms with Crippen molar-refractivity contribution in [1.29, 1.82) is 0 Å². The fourth-order valence-corrected chi connectivity index (χ4v) is 1.61. The van der Waals surface area contributed by atoms with Crippen molar-refractivity contribution in [3.05, 3.63) is 10.7 Å². The molecule has 0 saturated carbocycles. The topological polar surface area (TPSA) is 80.9 Å². The molecule has 1 aromatic heterocycles. The highest BCUT2D eigenvalue weighted by Gasteiger charge is 1.99. The minimum atomic E-state index is -0.811. The van der Waals surface area contributed by atoms with E-state index >= 15 is 0 Å². The van der Waals surface area contributed by atoms with Crippen LogP contribution in [-0.4, -0.2) is 32.7 Å². The molecular formula is C7H11BrN4OS. The van der Waals surface area contributed by atoms with E-state index in [2.05, 4.69) is 31.2 Å². The number of nitrogens with one attached hydrogen (secondary N) is 1. The molecule has 0 aliphatic rings. The Balaban J connectivity index is 2.54. The van der Waals surface area contributed by atoms with Crippen LogP contribution < -0.4 is 11.1 Å². The highest BCUT2D eigenvalue weighted by Crippen LogP contribution is 2.11. The molecule has 1 heterocycles. The molecule has 0 fully saturated rings. The van der Waals surface area contributed by atoms with E-state index in [1.165, 1.54) is 0 Å². The van der Waals surface area contributed by atoms with Crippen LogP contribution in [0.4, 0.5) is 11.8 Å². The van der Waals surface area contributed by atoms with Gasteiger partial charge in [0.15, 0.2) is 0 Å². The molecule has 1 atom stereocenters. The maximum atomic E-state index is 10.8. The summed E-state index contributed by atoms with van der Waals surface area (Å²) in [5, 5.41) is 2.93. The number of anilines is 2. The molecule has 14 heavy (non-hydrogen) atoms. The zero-order valence-corrected chi connectivity index (χ0v) is 10.1. The summed E-state index contributed by atoms with van der Waals surface area (Å²) in [4.78, 5) is 8.00. The van der Waals surface area contributed by atoms with E-state index in [-0.39, 0.29) is 0 Å². The molecule has 0 aromatic carbocycles. The molecule has 0 aliphatic carbocycles. The van der Waals surface area contributed by atoms with Gasteiger partial charge in [-0.3, -0.25) is 4.21 Å². The van der Waals surface area contributed by atoms with Crippen LogP contribution in [0.1, 0.15) is 0 Å². The lowest BCUT2D eigenvalue weighted by Gasteiger charge is -2.04. The van der Waals surface area contributed by atoms with Gasteiger partial charge >= 0.3 is 0 Å². The first-order chi connectivity index (χ1) is 6.58. The Bertz CT molecular complexity index is 326. The lowest BCUT2D eigenvalue weighted by Crippen LogP contribution is -2.12. The third-order valence-electron chi connectivity index (χ3n) is 1.39. The summed E-state index contributed by atoms with van der Waals surface area (Å²) in [6.07, 6.45) is 1.65. The van der Waals surface area contributed by atoms with Gasteiger partial charge in [0.2, 0.25) is 5.95 Å². The molecule has 0 spiro atoms. The largest absolute Gasteiger partial charge is 0.383 e. The Morgan fingerprint density at radius 1 is 1.64 bits per heavy atom. The van der Waals surface area contributed by atoms with Gasteiger partial charge in [0.25, 0.3) is 0 Å². The molecule has 5 nitrogen and oxygen atoms in total. The van der Waals surface area contributed by atoms with E-state index in [0.717, 1.165) is 0 Å². The molecule has 0 bridgehead atoms. The predicted molar refractivity (Wildman–Crippen MR) is 61.6 cm³/mol. The fourth-order valence-electron chi connectivity index (χ4n) is 0.821. The number of halogens is 1. The van der Waals surface area contributed by atoms with Crippen molar-refractivity contribution in [3.63, 3.8) is 0 Å². The average molecular weight is 279 g/mol. The molecular weight excluding hydrogens is 268 g/mol. The lowest BCUT2D eigenvalue weighted by atomic mass is 10.6. The molecule has 1 rings (SSSR count). The van der Waals surface area contributed by atoms with Crippen molar-refractivity contribution in [3.8, 4) is 0 Å². The van der Waals surface area contributed by atoms with Crippen molar-refractivity contribution in [2.45, 2.75) is 0 Å². The van der Waals surface area contributed by atoms with Gasteiger partial charge in [0.05, 0.1) is 0 Å². The average Bonchev–Trinajstić information content (AvgIpc) is 2.01. The van der Waals surface area contributed by atoms with E-state index in [0.29, 0.717) is 28.7 Å². The second-order valence-corrected chi connectivity index (χ2v) is 5.01. The normalized spacial score (nSPS) is 12.4. The van der Waals surface area contributed by atoms with E-state index in [1.54, 1.807) is 12.3 Å². The fraction of sp³-hybridized carbons (Fsp3) is 0.429. The van der Waals surface area contributed by atoms with Gasteiger partial charge in [-0.1, -0.05) is 0 Å². The van der Waals surface area contributed by atoms with Crippen LogP contribution in [0.5, 0.6) is 0 Å². The van der Waals surface area contributed by atoms with Gasteiger partial charge in [-0.2, -0.15) is 4.98 Å². The number of hydrogen-bond acceptors (Lipinski definition) is 5. The van der Waals surface area contributed by atoms with Crippen molar-refractivity contribution in [2.75, 3.05) is 29.6 Å². The van der Waals surface area contributed by atoms with Gasteiger partial charge in [-0.05, 0) is 15.9 Å². The maximum absolute atomic E-state index is 10.8. The number of rotatable bonds is 4. The first-order valence-electron chi connectivity index (χ1n) is 3.92. The molecule has 0 saturated heterocycles. The van der Waals surface area contributed by atoms with Crippen LogP contribution in [0.2, 0.25) is 0 Å². The van der Waals surface area contributed by atoms with Gasteiger partial charge < -0.3 is 11.1 Å². The molecule has 0 amide bonds. The SMILES string of the molecule is CS(=O)CCNc1nc(N)cc(Br)n1. The number of nitrogens with zero attached hydrogens (tertiary/aromatic N) is 2. The first kappa shape index (κ1) is 11.4. The van der Waals surface area contributed by atoms with Crippen molar-refractivity contribution >= 4 is 38.5 Å².